The monoisotopic (exact) mass is 347 g/mol. The predicted molar refractivity (Wildman–Crippen MR) is 96.8 cm³/mol. The van der Waals surface area contributed by atoms with Crippen molar-refractivity contribution < 1.29 is 13.9 Å². The number of nitrogens with one attached hydrogen (secondary N) is 1. The minimum Gasteiger partial charge on any atom is -0.493 e. The fourth-order valence-electron chi connectivity index (χ4n) is 2.10. The number of thioether (sulfide) groups is 1. The molecule has 1 amide bonds. The normalized spacial score (nSPS) is 11.8. The summed E-state index contributed by atoms with van der Waals surface area (Å²) in [5.74, 6) is 1.28. The third-order valence-corrected chi connectivity index (χ3v) is 4.58. The number of halogens is 1. The summed E-state index contributed by atoms with van der Waals surface area (Å²) in [5, 5.41) is 2.70. The molecule has 1 N–H and O–H groups in total. The molecule has 1 unspecified atom stereocenters. The Morgan fingerprint density at radius 2 is 2.00 bits per heavy atom. The van der Waals surface area contributed by atoms with Crippen LogP contribution in [0.2, 0.25) is 0 Å². The molecule has 0 aromatic heterocycles. The van der Waals surface area contributed by atoms with Crippen molar-refractivity contribution in [2.45, 2.75) is 25.6 Å². The largest absolute Gasteiger partial charge is 0.493 e. The van der Waals surface area contributed by atoms with E-state index in [0.29, 0.717) is 13.2 Å². The number of benzene rings is 2. The highest BCUT2D eigenvalue weighted by Crippen LogP contribution is 2.15. The molecule has 1 atom stereocenters. The van der Waals surface area contributed by atoms with Gasteiger partial charge in [0, 0.05) is 12.3 Å². The van der Waals surface area contributed by atoms with Crippen molar-refractivity contribution >= 4 is 17.7 Å². The molecule has 128 valence electrons. The second-order valence-electron chi connectivity index (χ2n) is 5.52. The van der Waals surface area contributed by atoms with Gasteiger partial charge in [-0.3, -0.25) is 4.79 Å². The van der Waals surface area contributed by atoms with Crippen molar-refractivity contribution in [1.82, 2.24) is 5.32 Å². The minimum atomic E-state index is -0.275. The molecule has 0 aliphatic heterocycles. The van der Waals surface area contributed by atoms with Gasteiger partial charge in [-0.05, 0) is 49.2 Å². The van der Waals surface area contributed by atoms with Crippen molar-refractivity contribution in [2.75, 3.05) is 12.4 Å². The molecule has 3 nitrogen and oxygen atoms in total. The first-order chi connectivity index (χ1) is 11.5. The topological polar surface area (TPSA) is 38.3 Å². The van der Waals surface area contributed by atoms with E-state index in [4.69, 9.17) is 4.74 Å². The van der Waals surface area contributed by atoms with Crippen LogP contribution in [0.4, 0.5) is 4.39 Å². The van der Waals surface area contributed by atoms with Gasteiger partial charge in [0.2, 0.25) is 5.91 Å². The third-order valence-electron chi connectivity index (χ3n) is 3.46. The SMILES string of the molecule is Cc1cccc(OCCSC(C)C(=O)NCc2ccc(F)cc2)c1. The molecule has 0 aliphatic carbocycles. The first-order valence-electron chi connectivity index (χ1n) is 7.88. The molecule has 0 heterocycles. The van der Waals surface area contributed by atoms with Crippen LogP contribution in [0.15, 0.2) is 48.5 Å². The predicted octanol–water partition coefficient (Wildman–Crippen LogP) is 3.95. The Labute approximate surface area is 146 Å². The number of hydrogen-bond donors (Lipinski definition) is 1. The van der Waals surface area contributed by atoms with Gasteiger partial charge in [-0.2, -0.15) is 0 Å². The molecule has 24 heavy (non-hydrogen) atoms. The van der Waals surface area contributed by atoms with E-state index in [-0.39, 0.29) is 17.0 Å². The van der Waals surface area contributed by atoms with Gasteiger partial charge in [-0.15, -0.1) is 11.8 Å². The Morgan fingerprint density at radius 3 is 2.71 bits per heavy atom. The quantitative estimate of drug-likeness (QED) is 0.735. The number of carbonyl (C=O) groups excluding carboxylic acids is 1. The molecular formula is C19H22FNO2S. The molecule has 0 fully saturated rings. The Hall–Kier alpha value is -2.01. The van der Waals surface area contributed by atoms with E-state index in [1.807, 2.05) is 38.1 Å². The molecule has 0 spiro atoms. The Morgan fingerprint density at radius 1 is 1.25 bits per heavy atom. The molecule has 5 heteroatoms. The second-order valence-corrected chi connectivity index (χ2v) is 6.97. The van der Waals surface area contributed by atoms with Crippen molar-refractivity contribution in [3.63, 3.8) is 0 Å². The van der Waals surface area contributed by atoms with E-state index in [0.717, 1.165) is 22.6 Å². The Balaban J connectivity index is 1.65. The lowest BCUT2D eigenvalue weighted by molar-refractivity contribution is -0.120. The maximum absolute atomic E-state index is 12.8. The average Bonchev–Trinajstić information content (AvgIpc) is 2.58. The van der Waals surface area contributed by atoms with Crippen LogP contribution in [-0.2, 0) is 11.3 Å². The lowest BCUT2D eigenvalue weighted by Gasteiger charge is -2.12. The van der Waals surface area contributed by atoms with E-state index in [9.17, 15) is 9.18 Å². The van der Waals surface area contributed by atoms with Crippen LogP contribution in [0, 0.1) is 12.7 Å². The zero-order valence-electron chi connectivity index (χ0n) is 13.9. The van der Waals surface area contributed by atoms with E-state index in [1.54, 1.807) is 23.9 Å². The van der Waals surface area contributed by atoms with Crippen LogP contribution >= 0.6 is 11.8 Å². The van der Waals surface area contributed by atoms with Gasteiger partial charge in [-0.25, -0.2) is 4.39 Å². The van der Waals surface area contributed by atoms with Crippen LogP contribution < -0.4 is 10.1 Å². The van der Waals surface area contributed by atoms with Crippen molar-refractivity contribution in [2.24, 2.45) is 0 Å². The standard InChI is InChI=1S/C19H22FNO2S/c1-14-4-3-5-18(12-14)23-10-11-24-15(2)19(22)21-13-16-6-8-17(20)9-7-16/h3-9,12,15H,10-11,13H2,1-2H3,(H,21,22). The van der Waals surface area contributed by atoms with Gasteiger partial charge in [0.1, 0.15) is 11.6 Å². The lowest BCUT2D eigenvalue weighted by Crippen LogP contribution is -2.30. The van der Waals surface area contributed by atoms with Gasteiger partial charge in [0.05, 0.1) is 11.9 Å². The maximum atomic E-state index is 12.8. The number of ether oxygens (including phenoxy) is 1. The van der Waals surface area contributed by atoms with Gasteiger partial charge >= 0.3 is 0 Å². The zero-order chi connectivity index (χ0) is 17.4. The van der Waals surface area contributed by atoms with Crippen LogP contribution in [0.1, 0.15) is 18.1 Å². The molecule has 2 aromatic carbocycles. The minimum absolute atomic E-state index is 0.0279. The molecule has 2 rings (SSSR count). The van der Waals surface area contributed by atoms with Crippen LogP contribution in [-0.4, -0.2) is 23.5 Å². The van der Waals surface area contributed by atoms with Gasteiger partial charge in [-0.1, -0.05) is 24.3 Å². The number of hydrogen-bond acceptors (Lipinski definition) is 3. The van der Waals surface area contributed by atoms with Crippen LogP contribution in [0.3, 0.4) is 0 Å². The van der Waals surface area contributed by atoms with Crippen molar-refractivity contribution in [3.05, 3.63) is 65.5 Å². The number of rotatable bonds is 8. The summed E-state index contributed by atoms with van der Waals surface area (Å²) in [7, 11) is 0. The summed E-state index contributed by atoms with van der Waals surface area (Å²) in [5.41, 5.74) is 2.04. The summed E-state index contributed by atoms with van der Waals surface area (Å²) >= 11 is 1.55. The average molecular weight is 347 g/mol. The van der Waals surface area contributed by atoms with E-state index in [1.165, 1.54) is 12.1 Å². The second kappa shape index (κ2) is 9.33. The van der Waals surface area contributed by atoms with Crippen molar-refractivity contribution in [1.29, 1.82) is 0 Å². The highest BCUT2D eigenvalue weighted by Gasteiger charge is 2.12. The molecule has 0 radical (unpaired) electrons. The highest BCUT2D eigenvalue weighted by atomic mass is 32.2. The number of aryl methyl sites for hydroxylation is 1. The van der Waals surface area contributed by atoms with E-state index >= 15 is 0 Å². The van der Waals surface area contributed by atoms with Crippen LogP contribution in [0.5, 0.6) is 5.75 Å². The van der Waals surface area contributed by atoms with Gasteiger partial charge < -0.3 is 10.1 Å². The number of carbonyl (C=O) groups is 1. The summed E-state index contributed by atoms with van der Waals surface area (Å²) in [4.78, 5) is 12.0. The smallest absolute Gasteiger partial charge is 0.233 e. The third kappa shape index (κ3) is 6.24. The van der Waals surface area contributed by atoms with Gasteiger partial charge in [0.25, 0.3) is 0 Å². The fourth-order valence-corrected chi connectivity index (χ4v) is 2.87. The maximum Gasteiger partial charge on any atom is 0.233 e. The summed E-state index contributed by atoms with van der Waals surface area (Å²) in [6, 6.07) is 14.0. The summed E-state index contributed by atoms with van der Waals surface area (Å²) in [6.07, 6.45) is 0. The molecule has 2 aromatic rings. The summed E-state index contributed by atoms with van der Waals surface area (Å²) < 4.78 is 18.5. The van der Waals surface area contributed by atoms with E-state index < -0.39 is 0 Å². The molecule has 0 aliphatic rings. The Kier molecular flexibility index (Phi) is 7.12. The molecular weight excluding hydrogens is 325 g/mol. The number of amides is 1. The van der Waals surface area contributed by atoms with Crippen LogP contribution in [0.25, 0.3) is 0 Å². The molecule has 0 saturated carbocycles. The first-order valence-corrected chi connectivity index (χ1v) is 8.92. The lowest BCUT2D eigenvalue weighted by atomic mass is 10.2. The van der Waals surface area contributed by atoms with E-state index in [2.05, 4.69) is 5.32 Å². The molecule has 0 saturated heterocycles. The Bertz CT molecular complexity index is 661. The van der Waals surface area contributed by atoms with Gasteiger partial charge in [0.15, 0.2) is 0 Å². The molecule has 0 bridgehead atoms. The highest BCUT2D eigenvalue weighted by molar-refractivity contribution is 8.00. The van der Waals surface area contributed by atoms with Crippen molar-refractivity contribution in [3.8, 4) is 5.75 Å². The summed E-state index contributed by atoms with van der Waals surface area (Å²) in [6.45, 7) is 4.86. The zero-order valence-corrected chi connectivity index (χ0v) is 14.7. The fraction of sp³-hybridized carbons (Fsp3) is 0.316. The first kappa shape index (κ1) is 18.3.